The first kappa shape index (κ1) is 16.1. The summed E-state index contributed by atoms with van der Waals surface area (Å²) in [5.41, 5.74) is 0.796. The fourth-order valence-corrected chi connectivity index (χ4v) is 4.08. The van der Waals surface area contributed by atoms with Gasteiger partial charge in [-0.2, -0.15) is 10.2 Å². The van der Waals surface area contributed by atoms with Crippen LogP contribution in [0.2, 0.25) is 0 Å². The fraction of sp³-hybridized carbons (Fsp3) is 0.250. The first-order chi connectivity index (χ1) is 12.2. The number of carbonyl (C=O) groups excluding carboxylic acids is 1. The molecule has 1 amide bonds. The second-order valence-electron chi connectivity index (χ2n) is 5.51. The van der Waals surface area contributed by atoms with Crippen LogP contribution in [0.4, 0.5) is 0 Å². The zero-order valence-corrected chi connectivity index (χ0v) is 15.0. The average Bonchev–Trinajstić information content (AvgIpc) is 3.38. The van der Waals surface area contributed by atoms with Crippen molar-refractivity contribution in [2.45, 2.75) is 24.5 Å². The van der Waals surface area contributed by atoms with Gasteiger partial charge < -0.3 is 4.42 Å². The van der Waals surface area contributed by atoms with Crippen molar-refractivity contribution in [3.05, 3.63) is 52.4 Å². The molecule has 0 radical (unpaired) electrons. The predicted octanol–water partition coefficient (Wildman–Crippen LogP) is 3.24. The molecule has 0 bridgehead atoms. The number of hydrogen-bond acceptors (Lipinski definition) is 7. The van der Waals surface area contributed by atoms with Gasteiger partial charge in [0, 0.05) is 11.3 Å². The Labute approximate surface area is 152 Å². The molecule has 0 aromatic carbocycles. The quantitative estimate of drug-likeness (QED) is 0.694. The van der Waals surface area contributed by atoms with Gasteiger partial charge in [0.15, 0.2) is 5.16 Å². The van der Waals surface area contributed by atoms with Gasteiger partial charge in [-0.15, -0.1) is 11.3 Å². The van der Waals surface area contributed by atoms with Crippen LogP contribution in [0.3, 0.4) is 0 Å². The van der Waals surface area contributed by atoms with Gasteiger partial charge >= 0.3 is 0 Å². The van der Waals surface area contributed by atoms with E-state index in [9.17, 15) is 4.79 Å². The predicted molar refractivity (Wildman–Crippen MR) is 95.6 cm³/mol. The van der Waals surface area contributed by atoms with Gasteiger partial charge in [0.25, 0.3) is 5.91 Å². The molecule has 4 heterocycles. The maximum Gasteiger partial charge on any atom is 0.253 e. The monoisotopic (exact) mass is 373 g/mol. The molecular formula is C16H15N5O2S2. The molecular weight excluding hydrogens is 358 g/mol. The largest absolute Gasteiger partial charge is 0.460 e. The highest BCUT2D eigenvalue weighted by Crippen LogP contribution is 2.35. The second kappa shape index (κ2) is 6.85. The van der Waals surface area contributed by atoms with E-state index in [1.165, 1.54) is 18.1 Å². The van der Waals surface area contributed by atoms with Crippen molar-refractivity contribution in [3.8, 4) is 0 Å². The number of H-pyrrole nitrogens is 1. The third-order valence-electron chi connectivity index (χ3n) is 3.79. The van der Waals surface area contributed by atoms with Crippen LogP contribution >= 0.6 is 23.1 Å². The number of nitrogens with one attached hydrogen (secondary N) is 1. The van der Waals surface area contributed by atoms with Gasteiger partial charge in [-0.05, 0) is 30.5 Å². The molecule has 9 heteroatoms. The second-order valence-corrected chi connectivity index (χ2v) is 7.45. The van der Waals surface area contributed by atoms with Crippen LogP contribution in [0.1, 0.15) is 28.9 Å². The molecule has 1 aliphatic heterocycles. The summed E-state index contributed by atoms with van der Waals surface area (Å²) in [5, 5.41) is 15.3. The van der Waals surface area contributed by atoms with Crippen LogP contribution in [-0.4, -0.2) is 37.6 Å². The number of aryl methyl sites for hydroxylation is 1. The minimum atomic E-state index is -0.0942. The van der Waals surface area contributed by atoms with Crippen LogP contribution in [0, 0.1) is 6.92 Å². The first-order valence-corrected chi connectivity index (χ1v) is 9.55. The number of hydrogen-bond donors (Lipinski definition) is 1. The van der Waals surface area contributed by atoms with Crippen LogP contribution in [0.15, 0.2) is 50.6 Å². The van der Waals surface area contributed by atoms with E-state index >= 15 is 0 Å². The maximum atomic E-state index is 12.7. The van der Waals surface area contributed by atoms with Crippen molar-refractivity contribution < 1.29 is 9.21 Å². The van der Waals surface area contributed by atoms with Gasteiger partial charge in [-0.1, -0.05) is 17.8 Å². The Balaban J connectivity index is 1.56. The number of thiophene rings is 1. The molecule has 0 unspecified atom stereocenters. The average molecular weight is 373 g/mol. The van der Waals surface area contributed by atoms with Crippen molar-refractivity contribution in [2.24, 2.45) is 5.10 Å². The van der Waals surface area contributed by atoms with Crippen molar-refractivity contribution in [2.75, 3.05) is 5.75 Å². The summed E-state index contributed by atoms with van der Waals surface area (Å²) in [6, 6.07) is 7.73. The maximum absolute atomic E-state index is 12.7. The summed E-state index contributed by atoms with van der Waals surface area (Å²) in [5.74, 6) is 1.72. The lowest BCUT2D eigenvalue weighted by molar-refractivity contribution is -0.130. The Kier molecular flexibility index (Phi) is 4.41. The highest BCUT2D eigenvalue weighted by Gasteiger charge is 2.34. The number of amides is 1. The zero-order chi connectivity index (χ0) is 17.2. The Bertz CT molecular complexity index is 886. The molecule has 0 spiro atoms. The van der Waals surface area contributed by atoms with E-state index in [4.69, 9.17) is 4.42 Å². The number of furan rings is 1. The lowest BCUT2D eigenvalue weighted by Crippen LogP contribution is -2.28. The topological polar surface area (TPSA) is 87.4 Å². The van der Waals surface area contributed by atoms with Gasteiger partial charge in [0.1, 0.15) is 23.6 Å². The zero-order valence-electron chi connectivity index (χ0n) is 13.4. The smallest absolute Gasteiger partial charge is 0.253 e. The summed E-state index contributed by atoms with van der Waals surface area (Å²) < 4.78 is 5.69. The molecule has 1 N–H and O–H groups in total. The third-order valence-corrected chi connectivity index (χ3v) is 5.62. The molecule has 25 heavy (non-hydrogen) atoms. The third kappa shape index (κ3) is 3.38. The number of rotatable bonds is 5. The van der Waals surface area contributed by atoms with Gasteiger partial charge in [0.2, 0.25) is 0 Å². The molecule has 1 aliphatic rings. The molecule has 0 saturated heterocycles. The van der Waals surface area contributed by atoms with Crippen LogP contribution in [0.5, 0.6) is 0 Å². The summed E-state index contributed by atoms with van der Waals surface area (Å²) in [6.07, 6.45) is 2.07. The van der Waals surface area contributed by atoms with E-state index in [0.29, 0.717) is 11.6 Å². The highest BCUT2D eigenvalue weighted by molar-refractivity contribution is 7.99. The molecule has 0 fully saturated rings. The number of aromatic amines is 1. The molecule has 7 nitrogen and oxygen atoms in total. The molecule has 3 aromatic heterocycles. The van der Waals surface area contributed by atoms with E-state index in [-0.39, 0.29) is 17.7 Å². The minimum Gasteiger partial charge on any atom is -0.460 e. The summed E-state index contributed by atoms with van der Waals surface area (Å²) in [6.45, 7) is 1.90. The summed E-state index contributed by atoms with van der Waals surface area (Å²) >= 11 is 2.94. The standard InChI is InChI=1S/C16H15N5O2S2/c1-10-4-5-13(23-10)11-7-12(14-3-2-6-24-14)21(20-11)15(22)8-25-16-17-9-18-19-16/h2-6,9,12H,7-8H2,1H3,(H,17,18,19)/t12-/m0/s1. The normalized spacial score (nSPS) is 17.1. The van der Waals surface area contributed by atoms with Crippen molar-refractivity contribution >= 4 is 34.7 Å². The SMILES string of the molecule is Cc1ccc(C2=NN(C(=O)CSc3ncn[nH]3)[C@H](c3cccs3)C2)o1. The molecule has 0 aliphatic carbocycles. The summed E-state index contributed by atoms with van der Waals surface area (Å²) in [4.78, 5) is 17.9. The molecule has 0 saturated carbocycles. The van der Waals surface area contributed by atoms with E-state index < -0.39 is 0 Å². The highest BCUT2D eigenvalue weighted by atomic mass is 32.2. The van der Waals surface area contributed by atoms with E-state index in [2.05, 4.69) is 20.3 Å². The number of thioether (sulfide) groups is 1. The lowest BCUT2D eigenvalue weighted by Gasteiger charge is -2.20. The Morgan fingerprint density at radius 2 is 2.40 bits per heavy atom. The number of carbonyl (C=O) groups is 1. The van der Waals surface area contributed by atoms with E-state index in [1.54, 1.807) is 16.3 Å². The number of aromatic nitrogens is 3. The molecule has 128 valence electrons. The van der Waals surface area contributed by atoms with Crippen molar-refractivity contribution in [1.82, 2.24) is 20.2 Å². The number of nitrogens with zero attached hydrogens (tertiary/aromatic N) is 4. The Hall–Kier alpha value is -2.39. The summed E-state index contributed by atoms with van der Waals surface area (Å²) in [7, 11) is 0. The number of hydrazone groups is 1. The van der Waals surface area contributed by atoms with Gasteiger partial charge in [-0.3, -0.25) is 9.89 Å². The van der Waals surface area contributed by atoms with Crippen molar-refractivity contribution in [3.63, 3.8) is 0 Å². The van der Waals surface area contributed by atoms with Crippen LogP contribution in [0.25, 0.3) is 0 Å². The molecule has 4 rings (SSSR count). The van der Waals surface area contributed by atoms with E-state index in [0.717, 1.165) is 22.1 Å². The lowest BCUT2D eigenvalue weighted by atomic mass is 10.1. The Morgan fingerprint density at radius 3 is 3.08 bits per heavy atom. The Morgan fingerprint density at radius 1 is 1.48 bits per heavy atom. The van der Waals surface area contributed by atoms with Gasteiger partial charge in [-0.25, -0.2) is 9.99 Å². The van der Waals surface area contributed by atoms with Gasteiger partial charge in [0.05, 0.1) is 11.8 Å². The van der Waals surface area contributed by atoms with E-state index in [1.807, 2.05) is 36.6 Å². The van der Waals surface area contributed by atoms with Crippen molar-refractivity contribution in [1.29, 1.82) is 0 Å². The minimum absolute atomic E-state index is 0.0712. The van der Waals surface area contributed by atoms with Crippen LogP contribution in [-0.2, 0) is 4.79 Å². The van der Waals surface area contributed by atoms with Crippen LogP contribution < -0.4 is 0 Å². The first-order valence-electron chi connectivity index (χ1n) is 7.68. The molecule has 3 aromatic rings. The fourth-order valence-electron chi connectivity index (χ4n) is 2.64. The molecule has 1 atom stereocenters.